The summed E-state index contributed by atoms with van der Waals surface area (Å²) >= 11 is 0. The molecule has 0 saturated carbocycles. The first-order valence-electron chi connectivity index (χ1n) is 15.9. The number of hydrogen-bond donors (Lipinski definition) is 0. The van der Waals surface area contributed by atoms with E-state index in [1.807, 2.05) is 109 Å². The number of hydrogen-bond acceptors (Lipinski definition) is 4. The molecule has 0 spiro atoms. The summed E-state index contributed by atoms with van der Waals surface area (Å²) in [5.74, 6) is 1.14. The Kier molecular flexibility index (Phi) is 13.3. The van der Waals surface area contributed by atoms with Crippen molar-refractivity contribution in [3.8, 4) is 62.2 Å². The third-order valence-corrected chi connectivity index (χ3v) is 7.75. The largest absolute Gasteiger partial charge is 4.00 e. The molecule has 0 saturated heterocycles. The van der Waals surface area contributed by atoms with Crippen molar-refractivity contribution in [3.63, 3.8) is 0 Å². The molecule has 7 aromatic rings. The van der Waals surface area contributed by atoms with Gasteiger partial charge in [0.1, 0.15) is 0 Å². The van der Waals surface area contributed by atoms with Crippen LogP contribution >= 0.6 is 0 Å². The van der Waals surface area contributed by atoms with Gasteiger partial charge < -0.3 is 42.1 Å². The van der Waals surface area contributed by atoms with Gasteiger partial charge in [0.15, 0.2) is 0 Å². The van der Waals surface area contributed by atoms with E-state index in [-0.39, 0.29) is 42.1 Å². The maximum Gasteiger partial charge on any atom is 4.00 e. The van der Waals surface area contributed by atoms with Gasteiger partial charge in [0.25, 0.3) is 0 Å². The molecule has 5 nitrogen and oxygen atoms in total. The Balaban J connectivity index is 0.000000523. The molecule has 52 heavy (non-hydrogen) atoms. The van der Waals surface area contributed by atoms with Gasteiger partial charge >= 0.3 is 21.1 Å². The molecule has 3 heterocycles. The molecule has 5 aromatic carbocycles. The minimum absolute atomic E-state index is 0. The monoisotopic (exact) mass is 1030 g/mol. The molecule has 2 aromatic heterocycles. The molecular weight excluding hydrogens is 1000 g/mol. The summed E-state index contributed by atoms with van der Waals surface area (Å²) in [4.78, 5) is 8.56. The van der Waals surface area contributed by atoms with Crippen LogP contribution in [0.15, 0.2) is 152 Å². The second-order valence-corrected chi connectivity index (χ2v) is 11.3. The molecule has 0 aliphatic carbocycles. The smallest absolute Gasteiger partial charge is 0.669 e. The molecule has 0 bridgehead atoms. The second kappa shape index (κ2) is 18.2. The first-order valence-corrected chi connectivity index (χ1v) is 15.9. The van der Waals surface area contributed by atoms with Crippen molar-refractivity contribution in [1.82, 2.24) is 14.5 Å². The van der Waals surface area contributed by atoms with Crippen molar-refractivity contribution in [2.45, 2.75) is 0 Å². The van der Waals surface area contributed by atoms with Crippen molar-refractivity contribution >= 4 is 5.69 Å². The average Bonchev–Trinajstić information content (AvgIpc) is 3.88. The van der Waals surface area contributed by atoms with Gasteiger partial charge in [-0.1, -0.05) is 77.5 Å². The van der Waals surface area contributed by atoms with Crippen LogP contribution in [0.25, 0.3) is 44.6 Å². The molecule has 0 unspecified atom stereocenters. The molecule has 0 atom stereocenters. The van der Waals surface area contributed by atoms with Gasteiger partial charge in [0, 0.05) is 39.2 Å². The van der Waals surface area contributed by atoms with Crippen LogP contribution in [0, 0.1) is 49.5 Å². The van der Waals surface area contributed by atoms with Crippen molar-refractivity contribution in [2.75, 3.05) is 11.9 Å². The van der Waals surface area contributed by atoms with Gasteiger partial charge in [-0.05, 0) is 43.3 Å². The predicted octanol–water partition coefficient (Wildman–Crippen LogP) is 9.76. The van der Waals surface area contributed by atoms with Gasteiger partial charge in [-0.25, -0.2) is 23.2 Å². The Morgan fingerprint density at radius 3 is 2.10 bits per heavy atom. The Hall–Kier alpha value is -5.39. The predicted molar refractivity (Wildman–Crippen MR) is 197 cm³/mol. The Bertz CT molecular complexity index is 2210. The van der Waals surface area contributed by atoms with E-state index in [1.165, 1.54) is 0 Å². The summed E-state index contributed by atoms with van der Waals surface area (Å²) in [6, 6.07) is 59.3. The van der Waals surface area contributed by atoms with Crippen LogP contribution in [0.3, 0.4) is 0 Å². The van der Waals surface area contributed by atoms with E-state index >= 15 is 0 Å². The first-order chi connectivity index (χ1) is 24.6. The zero-order valence-electron chi connectivity index (χ0n) is 27.8. The molecular formula is C45H29N4OPt2-3. The normalized spacial score (nSPS) is 11.4. The van der Waals surface area contributed by atoms with Gasteiger partial charge in [0.05, 0.1) is 0 Å². The SMILES string of the molecule is CN1C=CN(c2[c-]c(Oc3[c-]c(-c4[c-]c(-c5[c-]c(-c6ccccc6)cc(-c6ccccc6)c5)ccn4)[c-]cc3)ccc2)[CH-]1.[C-]#Cn1cccc1.[Pt+4].[Pt]. The van der Waals surface area contributed by atoms with Crippen LogP contribution in [-0.2, 0) is 42.1 Å². The zero-order valence-corrected chi connectivity index (χ0v) is 32.4. The number of aromatic nitrogens is 2. The molecule has 0 fully saturated rings. The van der Waals surface area contributed by atoms with Gasteiger partial charge in [0.2, 0.25) is 0 Å². The minimum atomic E-state index is 0. The quantitative estimate of drug-likeness (QED) is 0.118. The number of rotatable bonds is 7. The van der Waals surface area contributed by atoms with E-state index in [2.05, 4.69) is 89.9 Å². The Labute approximate surface area is 334 Å². The van der Waals surface area contributed by atoms with E-state index < -0.39 is 0 Å². The van der Waals surface area contributed by atoms with Crippen molar-refractivity contribution in [1.29, 1.82) is 0 Å². The van der Waals surface area contributed by atoms with Crippen molar-refractivity contribution in [2.24, 2.45) is 0 Å². The van der Waals surface area contributed by atoms with Crippen molar-refractivity contribution in [3.05, 3.63) is 196 Å². The van der Waals surface area contributed by atoms with Crippen LogP contribution in [0.2, 0.25) is 0 Å². The van der Waals surface area contributed by atoms with Crippen LogP contribution < -0.4 is 9.64 Å². The molecule has 0 N–H and O–H groups in total. The molecule has 1 aliphatic rings. The van der Waals surface area contributed by atoms with Gasteiger partial charge in [-0.2, -0.15) is 42.7 Å². The third kappa shape index (κ3) is 9.48. The number of nitrogens with zero attached hydrogens (tertiary/aromatic N) is 4. The summed E-state index contributed by atoms with van der Waals surface area (Å²) in [6.45, 7) is 1.97. The summed E-state index contributed by atoms with van der Waals surface area (Å²) in [5.41, 5.74) is 8.36. The number of benzene rings is 5. The Morgan fingerprint density at radius 2 is 1.40 bits per heavy atom. The van der Waals surface area contributed by atoms with E-state index in [4.69, 9.17) is 11.2 Å². The van der Waals surface area contributed by atoms with E-state index in [1.54, 1.807) is 23.2 Å². The summed E-state index contributed by atoms with van der Waals surface area (Å²) in [6.07, 6.45) is 15.8. The number of anilines is 1. The van der Waals surface area contributed by atoms with Crippen LogP contribution in [0.1, 0.15) is 0 Å². The van der Waals surface area contributed by atoms with Crippen molar-refractivity contribution < 1.29 is 46.9 Å². The molecule has 0 amide bonds. The second-order valence-electron chi connectivity index (χ2n) is 11.3. The topological polar surface area (TPSA) is 33.5 Å². The van der Waals surface area contributed by atoms with Gasteiger partial charge in [-0.15, -0.1) is 35.5 Å². The van der Waals surface area contributed by atoms with Crippen LogP contribution in [-0.4, -0.2) is 21.5 Å². The minimum Gasteiger partial charge on any atom is -0.669 e. The summed E-state index contributed by atoms with van der Waals surface area (Å²) in [7, 11) is 1.98. The fraction of sp³-hybridized carbons (Fsp3) is 0.0222. The Morgan fingerprint density at radius 1 is 0.692 bits per heavy atom. The number of pyridine rings is 1. The van der Waals surface area contributed by atoms with E-state index in [9.17, 15) is 0 Å². The molecule has 7 heteroatoms. The van der Waals surface area contributed by atoms with Crippen LogP contribution in [0.5, 0.6) is 11.5 Å². The number of ether oxygens (including phenoxy) is 1. The third-order valence-electron chi connectivity index (χ3n) is 7.75. The molecule has 8 rings (SSSR count). The fourth-order valence-electron chi connectivity index (χ4n) is 5.31. The van der Waals surface area contributed by atoms with E-state index in [0.29, 0.717) is 22.8 Å². The summed E-state index contributed by atoms with van der Waals surface area (Å²) < 4.78 is 7.70. The first kappa shape index (κ1) is 37.9. The standard InChI is InChI=1S/C39H25N3O.C6H4N.2Pt/c1-41-20-21-42(28-41)36-15-9-17-38(27-36)43-37-16-8-14-32(25-37)39-26-31(18-19-40-39)35-23-33(29-10-4-2-5-11-29)22-34(24-35)30-12-6-3-7-13-30;1-2-7-5-3-4-6-7;;/h2-13,15-23,28H,1H3;3-6H;;/q-6;-1;;+4. The zero-order chi connectivity index (χ0) is 34.1. The maximum atomic E-state index is 6.57. The molecule has 0 radical (unpaired) electrons. The summed E-state index contributed by atoms with van der Waals surface area (Å²) in [5, 5.41) is 0. The fourth-order valence-corrected chi connectivity index (χ4v) is 5.31. The van der Waals surface area contributed by atoms with Crippen LogP contribution in [0.4, 0.5) is 5.69 Å². The van der Waals surface area contributed by atoms with E-state index in [0.717, 1.165) is 39.1 Å². The average molecular weight is 1030 g/mol. The molecule has 1 aliphatic heterocycles. The maximum absolute atomic E-state index is 6.57. The molecule has 258 valence electrons. The van der Waals surface area contributed by atoms with Gasteiger partial charge in [-0.3, -0.25) is 12.1 Å².